The molecule has 7 nitrogen and oxygen atoms in total. The van der Waals surface area contributed by atoms with Gasteiger partial charge in [0.15, 0.2) is 5.75 Å². The quantitative estimate of drug-likeness (QED) is 0.819. The van der Waals surface area contributed by atoms with Crippen LogP contribution in [-0.2, 0) is 9.53 Å². The van der Waals surface area contributed by atoms with Crippen LogP contribution in [0.2, 0.25) is 0 Å². The third-order valence-electron chi connectivity index (χ3n) is 3.80. The van der Waals surface area contributed by atoms with Gasteiger partial charge in [-0.15, -0.1) is 0 Å². The van der Waals surface area contributed by atoms with Gasteiger partial charge in [0.1, 0.15) is 5.56 Å². The lowest BCUT2D eigenvalue weighted by atomic mass is 10.1. The molecule has 2 fully saturated rings. The summed E-state index contributed by atoms with van der Waals surface area (Å²) in [7, 11) is 0. The molecule has 0 atom stereocenters. The maximum Gasteiger partial charge on any atom is 0.339 e. The van der Waals surface area contributed by atoms with Crippen molar-refractivity contribution < 1.29 is 24.2 Å². The molecule has 2 N–H and O–H groups in total. The molecular weight excluding hydrogens is 300 g/mol. The van der Waals surface area contributed by atoms with Crippen LogP contribution in [-0.4, -0.2) is 60.8 Å². The van der Waals surface area contributed by atoms with Crippen molar-refractivity contribution >= 4 is 17.6 Å². The molecule has 2 aliphatic rings. The van der Waals surface area contributed by atoms with Crippen molar-refractivity contribution in [2.24, 2.45) is 0 Å². The van der Waals surface area contributed by atoms with Crippen molar-refractivity contribution in [2.75, 3.05) is 38.2 Å². The normalized spacial score (nSPS) is 18.4. The number of para-hydroxylation sites is 1. The first-order valence-corrected chi connectivity index (χ1v) is 7.76. The van der Waals surface area contributed by atoms with Crippen molar-refractivity contribution in [2.45, 2.75) is 18.9 Å². The van der Waals surface area contributed by atoms with E-state index in [0.717, 1.165) is 12.8 Å². The van der Waals surface area contributed by atoms with Crippen LogP contribution in [0.1, 0.15) is 23.2 Å². The number of carbonyl (C=O) groups is 2. The van der Waals surface area contributed by atoms with Crippen LogP contribution in [0, 0.1) is 0 Å². The van der Waals surface area contributed by atoms with E-state index in [1.807, 2.05) is 4.90 Å². The summed E-state index contributed by atoms with van der Waals surface area (Å²) >= 11 is 0. The van der Waals surface area contributed by atoms with Gasteiger partial charge in [-0.3, -0.25) is 9.69 Å². The molecule has 23 heavy (non-hydrogen) atoms. The fourth-order valence-corrected chi connectivity index (χ4v) is 2.44. The van der Waals surface area contributed by atoms with Gasteiger partial charge in [0.25, 0.3) is 0 Å². The Labute approximate surface area is 134 Å². The Kier molecular flexibility index (Phi) is 4.78. The molecule has 124 valence electrons. The zero-order valence-corrected chi connectivity index (χ0v) is 12.8. The fourth-order valence-electron chi connectivity index (χ4n) is 2.44. The minimum Gasteiger partial charge on any atom is -0.487 e. The van der Waals surface area contributed by atoms with Crippen LogP contribution < -0.4 is 10.1 Å². The number of nitrogens with zero attached hydrogens (tertiary/aromatic N) is 1. The smallest absolute Gasteiger partial charge is 0.339 e. The van der Waals surface area contributed by atoms with Crippen LogP contribution in [0.4, 0.5) is 5.69 Å². The van der Waals surface area contributed by atoms with Gasteiger partial charge in [-0.05, 0) is 25.0 Å². The molecule has 0 bridgehead atoms. The number of anilines is 1. The number of amides is 1. The number of carbonyl (C=O) groups excluding carboxylic acids is 1. The van der Waals surface area contributed by atoms with E-state index < -0.39 is 5.97 Å². The number of aromatic carboxylic acids is 1. The molecule has 1 aliphatic heterocycles. The summed E-state index contributed by atoms with van der Waals surface area (Å²) in [5.74, 6) is -1.00. The van der Waals surface area contributed by atoms with E-state index in [2.05, 4.69) is 5.32 Å². The van der Waals surface area contributed by atoms with Crippen molar-refractivity contribution in [3.05, 3.63) is 23.8 Å². The van der Waals surface area contributed by atoms with Crippen molar-refractivity contribution in [3.8, 4) is 5.75 Å². The zero-order chi connectivity index (χ0) is 16.2. The summed E-state index contributed by atoms with van der Waals surface area (Å²) in [4.78, 5) is 25.6. The Balaban J connectivity index is 1.71. The van der Waals surface area contributed by atoms with Gasteiger partial charge in [0, 0.05) is 13.1 Å². The van der Waals surface area contributed by atoms with E-state index in [1.54, 1.807) is 12.1 Å². The molecule has 3 rings (SSSR count). The van der Waals surface area contributed by atoms with E-state index in [1.165, 1.54) is 6.07 Å². The Bertz CT molecular complexity index is 594. The Hall–Kier alpha value is -2.12. The van der Waals surface area contributed by atoms with Crippen molar-refractivity contribution in [3.63, 3.8) is 0 Å². The fraction of sp³-hybridized carbons (Fsp3) is 0.500. The van der Waals surface area contributed by atoms with Gasteiger partial charge >= 0.3 is 5.97 Å². The maximum atomic E-state index is 12.2. The SMILES string of the molecule is O=C(CN1CCOCC1)Nc1cccc(C(=O)O)c1OC1CC1. The van der Waals surface area contributed by atoms with Crippen LogP contribution in [0.3, 0.4) is 0 Å². The Morgan fingerprint density at radius 1 is 1.30 bits per heavy atom. The molecule has 0 aromatic heterocycles. The molecular formula is C16H20N2O5. The largest absolute Gasteiger partial charge is 0.487 e. The monoisotopic (exact) mass is 320 g/mol. The molecule has 1 aromatic rings. The number of benzene rings is 1. The summed E-state index contributed by atoms with van der Waals surface area (Å²) < 4.78 is 11.0. The predicted molar refractivity (Wildman–Crippen MR) is 82.9 cm³/mol. The molecule has 1 saturated carbocycles. The molecule has 1 aromatic carbocycles. The van der Waals surface area contributed by atoms with E-state index in [0.29, 0.717) is 32.0 Å². The summed E-state index contributed by atoms with van der Waals surface area (Å²) in [5.41, 5.74) is 0.483. The lowest BCUT2D eigenvalue weighted by Gasteiger charge is -2.26. The third kappa shape index (κ3) is 4.20. The second kappa shape index (κ2) is 6.97. The molecule has 1 amide bonds. The third-order valence-corrected chi connectivity index (χ3v) is 3.80. The second-order valence-electron chi connectivity index (χ2n) is 5.74. The van der Waals surface area contributed by atoms with Gasteiger partial charge in [-0.2, -0.15) is 0 Å². The molecule has 1 aliphatic carbocycles. The average molecular weight is 320 g/mol. The van der Waals surface area contributed by atoms with Crippen LogP contribution in [0.25, 0.3) is 0 Å². The van der Waals surface area contributed by atoms with Gasteiger partial charge < -0.3 is 19.9 Å². The van der Waals surface area contributed by atoms with Crippen LogP contribution >= 0.6 is 0 Å². The highest BCUT2D eigenvalue weighted by Gasteiger charge is 2.28. The number of ether oxygens (including phenoxy) is 2. The lowest BCUT2D eigenvalue weighted by Crippen LogP contribution is -2.41. The minimum atomic E-state index is -1.06. The number of rotatable bonds is 6. The van der Waals surface area contributed by atoms with E-state index in [9.17, 15) is 14.7 Å². The Morgan fingerprint density at radius 3 is 2.70 bits per heavy atom. The van der Waals surface area contributed by atoms with Gasteiger partial charge in [0.05, 0.1) is 31.5 Å². The first-order chi connectivity index (χ1) is 11.1. The molecule has 1 saturated heterocycles. The first-order valence-electron chi connectivity index (χ1n) is 7.76. The predicted octanol–water partition coefficient (Wildman–Crippen LogP) is 1.20. The molecule has 0 spiro atoms. The summed E-state index contributed by atoms with van der Waals surface area (Å²) in [6, 6.07) is 4.76. The topological polar surface area (TPSA) is 88.1 Å². The van der Waals surface area contributed by atoms with Crippen molar-refractivity contribution in [1.29, 1.82) is 0 Å². The molecule has 0 unspecified atom stereocenters. The molecule has 1 heterocycles. The number of carboxylic acids is 1. The standard InChI is InChI=1S/C16H20N2O5/c19-14(10-18-6-8-22-9-7-18)17-13-3-1-2-12(16(20)21)15(13)23-11-4-5-11/h1-3,11H,4-10H2,(H,17,19)(H,20,21). The van der Waals surface area contributed by atoms with Gasteiger partial charge in [0.2, 0.25) is 5.91 Å². The maximum absolute atomic E-state index is 12.2. The Morgan fingerprint density at radius 2 is 2.04 bits per heavy atom. The number of morpholine rings is 1. The molecule has 7 heteroatoms. The van der Waals surface area contributed by atoms with Crippen LogP contribution in [0.15, 0.2) is 18.2 Å². The van der Waals surface area contributed by atoms with Crippen LogP contribution in [0.5, 0.6) is 5.75 Å². The summed E-state index contributed by atoms with van der Waals surface area (Å²) in [5, 5.41) is 12.1. The number of nitrogens with one attached hydrogen (secondary N) is 1. The number of hydrogen-bond acceptors (Lipinski definition) is 5. The van der Waals surface area contributed by atoms with E-state index >= 15 is 0 Å². The average Bonchev–Trinajstić information content (AvgIpc) is 3.33. The van der Waals surface area contributed by atoms with Gasteiger partial charge in [-0.25, -0.2) is 4.79 Å². The van der Waals surface area contributed by atoms with E-state index in [4.69, 9.17) is 9.47 Å². The van der Waals surface area contributed by atoms with Crippen molar-refractivity contribution in [1.82, 2.24) is 4.90 Å². The van der Waals surface area contributed by atoms with E-state index in [-0.39, 0.29) is 29.9 Å². The number of carboxylic acid groups (broad SMARTS) is 1. The lowest BCUT2D eigenvalue weighted by molar-refractivity contribution is -0.118. The summed E-state index contributed by atoms with van der Waals surface area (Å²) in [6.07, 6.45) is 1.87. The second-order valence-corrected chi connectivity index (χ2v) is 5.74. The first kappa shape index (κ1) is 15.8. The highest BCUT2D eigenvalue weighted by molar-refractivity contribution is 5.98. The molecule has 0 radical (unpaired) electrons. The summed E-state index contributed by atoms with van der Waals surface area (Å²) in [6.45, 7) is 2.93. The zero-order valence-electron chi connectivity index (χ0n) is 12.8. The number of hydrogen-bond donors (Lipinski definition) is 2. The highest BCUT2D eigenvalue weighted by Crippen LogP contribution is 2.35. The highest BCUT2D eigenvalue weighted by atomic mass is 16.5. The van der Waals surface area contributed by atoms with Gasteiger partial charge in [-0.1, -0.05) is 6.07 Å². The minimum absolute atomic E-state index is 0.0467.